The minimum Gasteiger partial charge on any atom is -0.302 e. The fourth-order valence-corrected chi connectivity index (χ4v) is 4.54. The van der Waals surface area contributed by atoms with Crippen molar-refractivity contribution in [3.05, 3.63) is 77.1 Å². The zero-order valence-corrected chi connectivity index (χ0v) is 18.1. The fourth-order valence-electron chi connectivity index (χ4n) is 4.54. The van der Waals surface area contributed by atoms with Crippen molar-refractivity contribution in [1.82, 2.24) is 14.7 Å². The van der Waals surface area contributed by atoms with Crippen molar-refractivity contribution in [2.45, 2.75) is 39.5 Å². The Labute approximate surface area is 181 Å². The van der Waals surface area contributed by atoms with Gasteiger partial charge in [-0.2, -0.15) is 0 Å². The summed E-state index contributed by atoms with van der Waals surface area (Å²) in [5, 5.41) is 0. The topological polar surface area (TPSA) is 59.5 Å². The van der Waals surface area contributed by atoms with Gasteiger partial charge in [-0.3, -0.25) is 14.6 Å². The van der Waals surface area contributed by atoms with Gasteiger partial charge in [0.2, 0.25) is 5.96 Å². The molecule has 0 aliphatic carbocycles. The van der Waals surface area contributed by atoms with E-state index in [1.165, 1.54) is 10.5 Å². The summed E-state index contributed by atoms with van der Waals surface area (Å²) >= 11 is 0. The molecule has 5 rings (SSSR count). The number of benzene rings is 2. The molecule has 3 amide bonds. The quantitative estimate of drug-likeness (QED) is 0.771. The Balaban J connectivity index is 1.51. The van der Waals surface area contributed by atoms with Crippen molar-refractivity contribution < 1.29 is 9.59 Å². The van der Waals surface area contributed by atoms with Crippen LogP contribution in [0.15, 0.2) is 65.4 Å². The molecule has 0 N–H and O–H groups in total. The summed E-state index contributed by atoms with van der Waals surface area (Å²) in [7, 11) is 1.72. The summed E-state index contributed by atoms with van der Waals surface area (Å²) in [6, 6.07) is 14.9. The predicted molar refractivity (Wildman–Crippen MR) is 119 cm³/mol. The smallest absolute Gasteiger partial charge is 0.302 e. The summed E-state index contributed by atoms with van der Waals surface area (Å²) in [6.07, 6.45) is 1.42. The molecule has 1 saturated heterocycles. The Morgan fingerprint density at radius 2 is 1.71 bits per heavy atom. The number of aryl methyl sites for hydroxylation is 1. The van der Waals surface area contributed by atoms with Crippen LogP contribution in [-0.4, -0.2) is 51.9 Å². The number of aliphatic imine (C=N–C) groups is 1. The number of guanidine groups is 1. The number of likely N-dealkylation sites (N-methyl/N-ethyl adjacent to an activating group) is 1. The number of carbonyl (C=O) groups excluding carboxylic acids is 2. The van der Waals surface area contributed by atoms with E-state index in [4.69, 9.17) is 4.99 Å². The van der Waals surface area contributed by atoms with Crippen LogP contribution >= 0.6 is 0 Å². The molecule has 3 heterocycles. The van der Waals surface area contributed by atoms with E-state index in [-0.39, 0.29) is 18.5 Å². The second-order valence-electron chi connectivity index (χ2n) is 8.32. The molecule has 1 fully saturated rings. The van der Waals surface area contributed by atoms with Crippen LogP contribution in [0.2, 0.25) is 0 Å². The van der Waals surface area contributed by atoms with Crippen molar-refractivity contribution in [2.24, 2.45) is 4.99 Å². The number of carbonyl (C=O) groups is 2. The van der Waals surface area contributed by atoms with Gasteiger partial charge in [0.15, 0.2) is 12.2 Å². The van der Waals surface area contributed by atoms with Gasteiger partial charge in [-0.05, 0) is 43.5 Å². The van der Waals surface area contributed by atoms with Crippen LogP contribution in [0.4, 0.5) is 10.5 Å². The number of imide groups is 1. The molecule has 2 unspecified atom stereocenters. The second kappa shape index (κ2) is 6.97. The van der Waals surface area contributed by atoms with Crippen molar-refractivity contribution in [2.75, 3.05) is 11.9 Å². The summed E-state index contributed by atoms with van der Waals surface area (Å²) in [5.74, 6) is 0.471. The number of hydrogen-bond donors (Lipinski definition) is 0. The number of allylic oxidation sites excluding steroid dienone is 1. The maximum absolute atomic E-state index is 13.5. The summed E-state index contributed by atoms with van der Waals surface area (Å²) in [5.41, 5.74) is 5.30. The van der Waals surface area contributed by atoms with Gasteiger partial charge in [0.05, 0.1) is 12.2 Å². The van der Waals surface area contributed by atoms with E-state index < -0.39 is 12.2 Å². The molecule has 2 aromatic carbocycles. The number of rotatable bonds is 3. The lowest BCUT2D eigenvalue weighted by molar-refractivity contribution is -0.137. The Bertz CT molecular complexity index is 1140. The molecule has 7 heteroatoms. The van der Waals surface area contributed by atoms with Gasteiger partial charge in [0.25, 0.3) is 5.91 Å². The number of urea groups is 1. The van der Waals surface area contributed by atoms with E-state index in [2.05, 4.69) is 30.9 Å². The third-order valence-electron chi connectivity index (χ3n) is 6.39. The van der Waals surface area contributed by atoms with E-state index in [1.807, 2.05) is 54.4 Å². The zero-order valence-electron chi connectivity index (χ0n) is 18.1. The summed E-state index contributed by atoms with van der Waals surface area (Å²) in [6.45, 7) is 6.44. The van der Waals surface area contributed by atoms with E-state index in [0.29, 0.717) is 5.96 Å². The molecule has 0 radical (unpaired) electrons. The molecular formula is C24H25N5O2. The van der Waals surface area contributed by atoms with Crippen molar-refractivity contribution in [3.63, 3.8) is 0 Å². The Morgan fingerprint density at radius 1 is 0.968 bits per heavy atom. The van der Waals surface area contributed by atoms with Crippen LogP contribution in [0.25, 0.3) is 0 Å². The van der Waals surface area contributed by atoms with Crippen molar-refractivity contribution in [1.29, 1.82) is 0 Å². The maximum Gasteiger partial charge on any atom is 0.328 e. The largest absolute Gasteiger partial charge is 0.328 e. The molecule has 0 bridgehead atoms. The van der Waals surface area contributed by atoms with Gasteiger partial charge >= 0.3 is 6.03 Å². The van der Waals surface area contributed by atoms with Gasteiger partial charge in [0.1, 0.15) is 0 Å². The van der Waals surface area contributed by atoms with Crippen LogP contribution in [0, 0.1) is 13.8 Å². The lowest BCUT2D eigenvalue weighted by Gasteiger charge is -2.40. The number of fused-ring (bicyclic) bond motifs is 3. The normalized spacial score (nSPS) is 22.6. The number of nitrogens with zero attached hydrogens (tertiary/aromatic N) is 5. The molecule has 2 atom stereocenters. The minimum atomic E-state index is -0.563. The van der Waals surface area contributed by atoms with E-state index >= 15 is 0 Å². The molecule has 3 aliphatic rings. The Hall–Kier alpha value is -3.61. The van der Waals surface area contributed by atoms with Gasteiger partial charge in [-0.1, -0.05) is 42.5 Å². The molecule has 2 aromatic rings. The lowest BCUT2D eigenvalue weighted by atomic mass is 10.1. The summed E-state index contributed by atoms with van der Waals surface area (Å²) in [4.78, 5) is 38.3. The molecule has 7 nitrogen and oxygen atoms in total. The SMILES string of the molecule is CC1=CN2C(=NC3C2C(=O)N(Cc2ccccc2)C(=O)N3C)N1c1cccc(C)c1C. The highest BCUT2D eigenvalue weighted by atomic mass is 16.2. The number of anilines is 1. The highest BCUT2D eigenvalue weighted by Crippen LogP contribution is 2.38. The first kappa shape index (κ1) is 19.4. The Kier molecular flexibility index (Phi) is 4.36. The van der Waals surface area contributed by atoms with Crippen LogP contribution in [0.1, 0.15) is 23.6 Å². The first-order valence-corrected chi connectivity index (χ1v) is 10.4. The highest BCUT2D eigenvalue weighted by molar-refractivity contribution is 6.10. The molecule has 0 saturated carbocycles. The monoisotopic (exact) mass is 415 g/mol. The maximum atomic E-state index is 13.5. The zero-order chi connectivity index (χ0) is 21.9. The van der Waals surface area contributed by atoms with Crippen LogP contribution in [-0.2, 0) is 11.3 Å². The number of hydrogen-bond acceptors (Lipinski definition) is 5. The summed E-state index contributed by atoms with van der Waals surface area (Å²) < 4.78 is 0. The first-order chi connectivity index (χ1) is 14.9. The predicted octanol–water partition coefficient (Wildman–Crippen LogP) is 3.45. The molecule has 31 heavy (non-hydrogen) atoms. The van der Waals surface area contributed by atoms with Gasteiger partial charge in [-0.15, -0.1) is 0 Å². The van der Waals surface area contributed by atoms with Crippen LogP contribution in [0.3, 0.4) is 0 Å². The molecule has 0 aromatic heterocycles. The molecule has 3 aliphatic heterocycles. The fraction of sp³-hybridized carbons (Fsp3) is 0.292. The minimum absolute atomic E-state index is 0.220. The first-order valence-electron chi connectivity index (χ1n) is 10.4. The molecular weight excluding hydrogens is 390 g/mol. The van der Waals surface area contributed by atoms with E-state index in [0.717, 1.165) is 22.5 Å². The third-order valence-corrected chi connectivity index (χ3v) is 6.39. The lowest BCUT2D eigenvalue weighted by Crippen LogP contribution is -2.63. The van der Waals surface area contributed by atoms with E-state index in [1.54, 1.807) is 11.9 Å². The van der Waals surface area contributed by atoms with Gasteiger partial charge in [0, 0.05) is 18.9 Å². The van der Waals surface area contributed by atoms with Crippen LogP contribution in [0.5, 0.6) is 0 Å². The standard InChI is InChI=1S/C24H25N5O2/c1-15-9-8-12-19(17(15)3)29-16(2)13-27-20-21(25-23(27)29)26(4)24(31)28(22(20)30)14-18-10-6-5-7-11-18/h5-13,20-21H,14H2,1-4H3. The molecule has 0 spiro atoms. The average molecular weight is 415 g/mol. The molecule has 158 valence electrons. The highest BCUT2D eigenvalue weighted by Gasteiger charge is 2.54. The van der Waals surface area contributed by atoms with Crippen molar-refractivity contribution in [3.8, 4) is 0 Å². The number of amides is 3. The van der Waals surface area contributed by atoms with Gasteiger partial charge < -0.3 is 9.80 Å². The van der Waals surface area contributed by atoms with E-state index in [9.17, 15) is 9.59 Å². The van der Waals surface area contributed by atoms with Gasteiger partial charge in [-0.25, -0.2) is 9.79 Å². The third kappa shape index (κ3) is 2.84. The van der Waals surface area contributed by atoms with Crippen molar-refractivity contribution >= 4 is 23.6 Å². The van der Waals surface area contributed by atoms with Crippen LogP contribution < -0.4 is 4.90 Å². The second-order valence-corrected chi connectivity index (χ2v) is 8.32. The Morgan fingerprint density at radius 3 is 2.45 bits per heavy atom. The average Bonchev–Trinajstić information content (AvgIpc) is 3.27.